The average molecular weight is 289 g/mol. The maximum absolute atomic E-state index is 14.0. The molecule has 0 radical (unpaired) electrons. The first kappa shape index (κ1) is 15.4. The number of hydrogen-bond donors (Lipinski definition) is 1. The van der Waals surface area contributed by atoms with Gasteiger partial charge in [-0.2, -0.15) is 0 Å². The van der Waals surface area contributed by atoms with Gasteiger partial charge in [0.05, 0.1) is 12.8 Å². The number of halogens is 1. The maximum atomic E-state index is 14.0. The van der Waals surface area contributed by atoms with Crippen molar-refractivity contribution in [2.24, 2.45) is 0 Å². The zero-order chi connectivity index (χ0) is 15.3. The molecule has 1 atom stereocenters. The summed E-state index contributed by atoms with van der Waals surface area (Å²) in [6, 6.07) is 7.98. The molecular weight excluding hydrogens is 269 g/mol. The van der Waals surface area contributed by atoms with Crippen LogP contribution in [-0.4, -0.2) is 16.7 Å². The Hall–Kier alpha value is -1.94. The monoisotopic (exact) mass is 289 g/mol. The van der Waals surface area contributed by atoms with Crippen molar-refractivity contribution in [1.82, 2.24) is 4.98 Å². The first-order chi connectivity index (χ1) is 10.1. The zero-order valence-electron chi connectivity index (χ0n) is 12.3. The number of pyridine rings is 1. The number of ether oxygens (including phenoxy) is 1. The molecule has 0 amide bonds. The van der Waals surface area contributed by atoms with E-state index in [9.17, 15) is 9.50 Å². The van der Waals surface area contributed by atoms with E-state index in [0.29, 0.717) is 24.3 Å². The van der Waals surface area contributed by atoms with Gasteiger partial charge in [0.2, 0.25) is 0 Å². The van der Waals surface area contributed by atoms with Crippen molar-refractivity contribution in [2.45, 2.75) is 32.3 Å². The quantitative estimate of drug-likeness (QED) is 0.882. The van der Waals surface area contributed by atoms with Crippen molar-refractivity contribution in [2.75, 3.05) is 6.61 Å². The highest BCUT2D eigenvalue weighted by Gasteiger charge is 2.32. The summed E-state index contributed by atoms with van der Waals surface area (Å²) in [5, 5.41) is 11.0. The Bertz CT molecular complexity index is 603. The lowest BCUT2D eigenvalue weighted by Crippen LogP contribution is -2.27. The summed E-state index contributed by atoms with van der Waals surface area (Å²) in [7, 11) is 0. The highest BCUT2D eigenvalue weighted by Crippen LogP contribution is 2.35. The van der Waals surface area contributed by atoms with Gasteiger partial charge in [0.1, 0.15) is 17.2 Å². The summed E-state index contributed by atoms with van der Waals surface area (Å²) in [4.78, 5) is 4.10. The number of rotatable bonds is 6. The van der Waals surface area contributed by atoms with Gasteiger partial charge in [-0.15, -0.1) is 0 Å². The predicted molar refractivity (Wildman–Crippen MR) is 79.7 cm³/mol. The van der Waals surface area contributed by atoms with E-state index < -0.39 is 11.4 Å². The third-order valence-corrected chi connectivity index (χ3v) is 3.49. The Morgan fingerprint density at radius 1 is 1.24 bits per heavy atom. The van der Waals surface area contributed by atoms with Crippen molar-refractivity contribution < 1.29 is 14.2 Å². The van der Waals surface area contributed by atoms with Gasteiger partial charge in [-0.25, -0.2) is 4.39 Å². The van der Waals surface area contributed by atoms with E-state index in [1.54, 1.807) is 36.7 Å². The van der Waals surface area contributed by atoms with Crippen LogP contribution in [0.25, 0.3) is 0 Å². The third-order valence-electron chi connectivity index (χ3n) is 3.49. The molecule has 0 bridgehead atoms. The molecule has 1 unspecified atom stereocenters. The van der Waals surface area contributed by atoms with Gasteiger partial charge in [-0.3, -0.25) is 4.98 Å². The van der Waals surface area contributed by atoms with Crippen LogP contribution >= 0.6 is 0 Å². The van der Waals surface area contributed by atoms with Crippen molar-refractivity contribution in [1.29, 1.82) is 0 Å². The minimum atomic E-state index is -1.41. The molecule has 0 fully saturated rings. The molecule has 0 spiro atoms. The first-order valence-electron chi connectivity index (χ1n) is 7.17. The van der Waals surface area contributed by atoms with E-state index in [2.05, 4.69) is 4.98 Å². The summed E-state index contributed by atoms with van der Waals surface area (Å²) in [5.74, 6) is 0.152. The Morgan fingerprint density at radius 3 is 2.67 bits per heavy atom. The van der Waals surface area contributed by atoms with Crippen LogP contribution in [0.5, 0.6) is 5.75 Å². The molecule has 0 aliphatic heterocycles. The molecule has 1 heterocycles. The molecule has 0 aliphatic rings. The lowest BCUT2D eigenvalue weighted by atomic mass is 9.84. The standard InChI is InChI=1S/C17H20FNO2/c1-3-9-21-14-10-13(11-19-12-14)17(20,4-2)15-7-5-6-8-16(15)18/h5-8,10-12,20H,3-4,9H2,1-2H3. The largest absolute Gasteiger partial charge is 0.492 e. The summed E-state index contributed by atoms with van der Waals surface area (Å²) < 4.78 is 19.6. The van der Waals surface area contributed by atoms with Crippen LogP contribution in [-0.2, 0) is 5.60 Å². The third kappa shape index (κ3) is 3.22. The minimum absolute atomic E-state index is 0.252. The van der Waals surface area contributed by atoms with Crippen molar-refractivity contribution in [3.63, 3.8) is 0 Å². The minimum Gasteiger partial charge on any atom is -0.492 e. The Morgan fingerprint density at radius 2 is 2.00 bits per heavy atom. The summed E-state index contributed by atoms with van der Waals surface area (Å²) in [5.41, 5.74) is -0.630. The van der Waals surface area contributed by atoms with Crippen molar-refractivity contribution in [3.8, 4) is 5.75 Å². The molecule has 2 aromatic rings. The molecule has 4 heteroatoms. The molecule has 21 heavy (non-hydrogen) atoms. The van der Waals surface area contributed by atoms with Gasteiger partial charge in [0.25, 0.3) is 0 Å². The van der Waals surface area contributed by atoms with Gasteiger partial charge >= 0.3 is 0 Å². The second kappa shape index (κ2) is 6.68. The fraction of sp³-hybridized carbons (Fsp3) is 0.353. The van der Waals surface area contributed by atoms with Gasteiger partial charge in [-0.05, 0) is 25.0 Å². The van der Waals surface area contributed by atoms with Gasteiger partial charge in [0.15, 0.2) is 0 Å². The molecule has 0 aliphatic carbocycles. The maximum Gasteiger partial charge on any atom is 0.137 e. The number of nitrogens with zero attached hydrogens (tertiary/aromatic N) is 1. The molecule has 1 N–H and O–H groups in total. The van der Waals surface area contributed by atoms with E-state index in [4.69, 9.17) is 4.74 Å². The Labute approximate surface area is 124 Å². The Balaban J connectivity index is 2.43. The van der Waals surface area contributed by atoms with E-state index in [1.165, 1.54) is 6.07 Å². The van der Waals surface area contributed by atoms with E-state index in [1.807, 2.05) is 13.8 Å². The average Bonchev–Trinajstić information content (AvgIpc) is 2.53. The number of aliphatic hydroxyl groups is 1. The van der Waals surface area contributed by atoms with Crippen LogP contribution in [0.4, 0.5) is 4.39 Å². The Kier molecular flexibility index (Phi) is 4.91. The molecular formula is C17H20FNO2. The van der Waals surface area contributed by atoms with Gasteiger partial charge < -0.3 is 9.84 Å². The van der Waals surface area contributed by atoms with Crippen LogP contribution < -0.4 is 4.74 Å². The predicted octanol–water partition coefficient (Wildman–Crippen LogP) is 3.66. The van der Waals surface area contributed by atoms with Crippen molar-refractivity contribution >= 4 is 0 Å². The topological polar surface area (TPSA) is 42.4 Å². The van der Waals surface area contributed by atoms with Crippen LogP contribution in [0.2, 0.25) is 0 Å². The molecule has 2 rings (SSSR count). The summed E-state index contributed by atoms with van der Waals surface area (Å²) >= 11 is 0. The molecule has 0 saturated carbocycles. The van der Waals surface area contributed by atoms with Crippen LogP contribution in [0, 0.1) is 5.82 Å². The fourth-order valence-electron chi connectivity index (χ4n) is 2.29. The van der Waals surface area contributed by atoms with Gasteiger partial charge in [0, 0.05) is 17.3 Å². The number of hydrogen-bond acceptors (Lipinski definition) is 3. The lowest BCUT2D eigenvalue weighted by Gasteiger charge is -2.28. The molecule has 112 valence electrons. The second-order valence-electron chi connectivity index (χ2n) is 4.95. The second-order valence-corrected chi connectivity index (χ2v) is 4.95. The summed E-state index contributed by atoms with van der Waals surface area (Å²) in [6.07, 6.45) is 4.37. The van der Waals surface area contributed by atoms with Crippen LogP contribution in [0.15, 0.2) is 42.7 Å². The zero-order valence-corrected chi connectivity index (χ0v) is 12.3. The van der Waals surface area contributed by atoms with Gasteiger partial charge in [-0.1, -0.05) is 32.0 Å². The molecule has 1 aromatic heterocycles. The number of benzene rings is 1. The molecule has 3 nitrogen and oxygen atoms in total. The van der Waals surface area contributed by atoms with E-state index in [0.717, 1.165) is 6.42 Å². The number of aromatic nitrogens is 1. The van der Waals surface area contributed by atoms with Crippen LogP contribution in [0.3, 0.4) is 0 Å². The van der Waals surface area contributed by atoms with Crippen LogP contribution in [0.1, 0.15) is 37.8 Å². The van der Waals surface area contributed by atoms with Crippen molar-refractivity contribution in [3.05, 3.63) is 59.7 Å². The lowest BCUT2D eigenvalue weighted by molar-refractivity contribution is 0.0718. The highest BCUT2D eigenvalue weighted by atomic mass is 19.1. The smallest absolute Gasteiger partial charge is 0.137 e. The summed E-state index contributed by atoms with van der Waals surface area (Å²) in [6.45, 7) is 4.40. The fourth-order valence-corrected chi connectivity index (χ4v) is 2.29. The molecule has 1 aromatic carbocycles. The SMILES string of the molecule is CCCOc1cncc(C(O)(CC)c2ccccc2F)c1. The highest BCUT2D eigenvalue weighted by molar-refractivity contribution is 5.38. The van der Waals surface area contributed by atoms with E-state index >= 15 is 0 Å². The normalized spacial score (nSPS) is 13.7. The van der Waals surface area contributed by atoms with E-state index in [-0.39, 0.29) is 5.56 Å². The first-order valence-corrected chi connectivity index (χ1v) is 7.17. The molecule has 0 saturated heterocycles.